The third-order valence-electron chi connectivity index (χ3n) is 3.07. The van der Waals surface area contributed by atoms with Crippen LogP contribution in [0.3, 0.4) is 0 Å². The largest absolute Gasteiger partial charge is 0.360 e. The van der Waals surface area contributed by atoms with Gasteiger partial charge in [-0.1, -0.05) is 18.3 Å². The number of hydrogen-bond donors (Lipinski definition) is 2. The fourth-order valence-electron chi connectivity index (χ4n) is 2.24. The molecule has 106 valence electrons. The average molecular weight is 300 g/mol. The lowest BCUT2D eigenvalue weighted by Gasteiger charge is -2.11. The van der Waals surface area contributed by atoms with E-state index in [1.807, 2.05) is 18.7 Å². The molecule has 0 radical (unpaired) electrons. The number of aromatic nitrogens is 2. The van der Waals surface area contributed by atoms with E-state index in [4.69, 9.17) is 0 Å². The molecule has 2 N–H and O–H groups in total. The van der Waals surface area contributed by atoms with Gasteiger partial charge in [0.2, 0.25) is 10.1 Å². The number of carbonyl (C=O) groups excluding carboxylic acids is 1. The molecule has 2 rings (SSSR count). The summed E-state index contributed by atoms with van der Waals surface area (Å²) in [6, 6.07) is 0.294. The van der Waals surface area contributed by atoms with Crippen molar-refractivity contribution >= 4 is 34.1 Å². The first-order valence-corrected chi connectivity index (χ1v) is 8.59. The Morgan fingerprint density at radius 2 is 2.26 bits per heavy atom. The first kappa shape index (κ1) is 14.6. The Bertz CT molecular complexity index is 424. The molecule has 5 nitrogen and oxygen atoms in total. The Morgan fingerprint density at radius 3 is 3.00 bits per heavy atom. The van der Waals surface area contributed by atoms with Crippen molar-refractivity contribution < 1.29 is 4.79 Å². The number of nitrogens with zero attached hydrogens (tertiary/aromatic N) is 2. The Hall–Kier alpha value is -0.820. The zero-order valence-corrected chi connectivity index (χ0v) is 12.9. The highest BCUT2D eigenvalue weighted by molar-refractivity contribution is 7.99. The second-order valence-electron chi connectivity index (χ2n) is 4.50. The second kappa shape index (κ2) is 7.09. The SMILES string of the molecule is CCNc1nnc(C(=O)NC2CCC(SCC)C2)s1. The summed E-state index contributed by atoms with van der Waals surface area (Å²) < 4.78 is 0. The van der Waals surface area contributed by atoms with Crippen LogP contribution in [0.25, 0.3) is 0 Å². The van der Waals surface area contributed by atoms with Crippen LogP contribution in [0, 0.1) is 0 Å². The topological polar surface area (TPSA) is 66.9 Å². The van der Waals surface area contributed by atoms with Crippen LogP contribution in [0.2, 0.25) is 0 Å². The Labute approximate surface area is 122 Å². The Balaban J connectivity index is 1.83. The Morgan fingerprint density at radius 1 is 1.42 bits per heavy atom. The number of hydrogen-bond acceptors (Lipinski definition) is 6. The molecule has 1 aliphatic carbocycles. The molecule has 1 aromatic rings. The van der Waals surface area contributed by atoms with E-state index in [0.717, 1.165) is 25.1 Å². The van der Waals surface area contributed by atoms with Gasteiger partial charge in [-0.05, 0) is 31.9 Å². The number of anilines is 1. The van der Waals surface area contributed by atoms with Gasteiger partial charge in [0, 0.05) is 17.8 Å². The summed E-state index contributed by atoms with van der Waals surface area (Å²) >= 11 is 3.30. The van der Waals surface area contributed by atoms with E-state index in [-0.39, 0.29) is 5.91 Å². The summed E-state index contributed by atoms with van der Waals surface area (Å²) in [4.78, 5) is 12.0. The van der Waals surface area contributed by atoms with Gasteiger partial charge in [-0.3, -0.25) is 4.79 Å². The maximum atomic E-state index is 12.0. The van der Waals surface area contributed by atoms with Gasteiger partial charge in [0.05, 0.1) is 0 Å². The van der Waals surface area contributed by atoms with E-state index in [9.17, 15) is 4.79 Å². The number of carbonyl (C=O) groups is 1. The van der Waals surface area contributed by atoms with Gasteiger partial charge in [0.1, 0.15) is 0 Å². The molecule has 0 aliphatic heterocycles. The van der Waals surface area contributed by atoms with E-state index in [0.29, 0.717) is 21.4 Å². The normalized spacial score (nSPS) is 22.4. The molecular weight excluding hydrogens is 280 g/mol. The van der Waals surface area contributed by atoms with Gasteiger partial charge >= 0.3 is 0 Å². The van der Waals surface area contributed by atoms with Crippen LogP contribution in [-0.2, 0) is 0 Å². The molecule has 1 aliphatic rings. The molecule has 0 spiro atoms. The van der Waals surface area contributed by atoms with Crippen LogP contribution >= 0.6 is 23.1 Å². The van der Waals surface area contributed by atoms with Crippen LogP contribution in [0.1, 0.15) is 42.9 Å². The summed E-state index contributed by atoms with van der Waals surface area (Å²) in [5, 5.41) is 15.8. The maximum absolute atomic E-state index is 12.0. The summed E-state index contributed by atoms with van der Waals surface area (Å²) in [5.41, 5.74) is 0. The molecule has 1 amide bonds. The lowest BCUT2D eigenvalue weighted by atomic mass is 10.2. The van der Waals surface area contributed by atoms with Crippen LogP contribution < -0.4 is 10.6 Å². The van der Waals surface area contributed by atoms with E-state index in [1.54, 1.807) is 0 Å². The van der Waals surface area contributed by atoms with Crippen molar-refractivity contribution in [2.75, 3.05) is 17.6 Å². The van der Waals surface area contributed by atoms with Gasteiger partial charge < -0.3 is 10.6 Å². The van der Waals surface area contributed by atoms with Crippen molar-refractivity contribution in [3.63, 3.8) is 0 Å². The molecule has 1 heterocycles. The first-order chi connectivity index (χ1) is 9.22. The molecule has 0 bridgehead atoms. The quantitative estimate of drug-likeness (QED) is 0.844. The maximum Gasteiger partial charge on any atom is 0.282 e. The molecule has 19 heavy (non-hydrogen) atoms. The smallest absolute Gasteiger partial charge is 0.282 e. The van der Waals surface area contributed by atoms with E-state index in [2.05, 4.69) is 27.8 Å². The monoisotopic (exact) mass is 300 g/mol. The summed E-state index contributed by atoms with van der Waals surface area (Å²) in [6.07, 6.45) is 3.34. The van der Waals surface area contributed by atoms with Gasteiger partial charge in [-0.25, -0.2) is 0 Å². The van der Waals surface area contributed by atoms with Crippen molar-refractivity contribution in [1.82, 2.24) is 15.5 Å². The highest BCUT2D eigenvalue weighted by Gasteiger charge is 2.26. The van der Waals surface area contributed by atoms with Gasteiger partial charge in [-0.15, -0.1) is 10.2 Å². The molecule has 0 saturated heterocycles. The lowest BCUT2D eigenvalue weighted by molar-refractivity contribution is 0.0937. The molecule has 1 aromatic heterocycles. The zero-order valence-electron chi connectivity index (χ0n) is 11.3. The average Bonchev–Trinajstić information content (AvgIpc) is 3.00. The number of amides is 1. The minimum Gasteiger partial charge on any atom is -0.360 e. The van der Waals surface area contributed by atoms with Crippen LogP contribution in [0.4, 0.5) is 5.13 Å². The number of thioether (sulfide) groups is 1. The first-order valence-electron chi connectivity index (χ1n) is 6.72. The van der Waals surface area contributed by atoms with Crippen LogP contribution in [0.15, 0.2) is 0 Å². The zero-order chi connectivity index (χ0) is 13.7. The minimum atomic E-state index is -0.0891. The fraction of sp³-hybridized carbons (Fsp3) is 0.750. The molecular formula is C12H20N4OS2. The van der Waals surface area contributed by atoms with Crippen molar-refractivity contribution in [3.05, 3.63) is 5.01 Å². The van der Waals surface area contributed by atoms with E-state index >= 15 is 0 Å². The minimum absolute atomic E-state index is 0.0891. The van der Waals surface area contributed by atoms with E-state index in [1.165, 1.54) is 17.8 Å². The summed E-state index contributed by atoms with van der Waals surface area (Å²) in [7, 11) is 0. The van der Waals surface area contributed by atoms with Crippen LogP contribution in [-0.4, -0.2) is 39.7 Å². The van der Waals surface area contributed by atoms with Crippen molar-refractivity contribution in [1.29, 1.82) is 0 Å². The van der Waals surface area contributed by atoms with Crippen molar-refractivity contribution in [2.45, 2.75) is 44.4 Å². The molecule has 0 aromatic carbocycles. The van der Waals surface area contributed by atoms with Crippen molar-refractivity contribution in [3.8, 4) is 0 Å². The second-order valence-corrected chi connectivity index (χ2v) is 7.06. The Kier molecular flexibility index (Phi) is 5.45. The molecule has 1 fully saturated rings. The van der Waals surface area contributed by atoms with Gasteiger partial charge in [-0.2, -0.15) is 11.8 Å². The number of nitrogens with one attached hydrogen (secondary N) is 2. The lowest BCUT2D eigenvalue weighted by Crippen LogP contribution is -2.33. The molecule has 2 atom stereocenters. The molecule has 7 heteroatoms. The van der Waals surface area contributed by atoms with Crippen molar-refractivity contribution in [2.24, 2.45) is 0 Å². The van der Waals surface area contributed by atoms with Gasteiger partial charge in [0.25, 0.3) is 5.91 Å². The van der Waals surface area contributed by atoms with E-state index < -0.39 is 0 Å². The summed E-state index contributed by atoms with van der Waals surface area (Å²) in [6.45, 7) is 4.96. The molecule has 1 saturated carbocycles. The van der Waals surface area contributed by atoms with Crippen LogP contribution in [0.5, 0.6) is 0 Å². The summed E-state index contributed by atoms with van der Waals surface area (Å²) in [5.74, 6) is 1.06. The fourth-order valence-corrected chi connectivity index (χ4v) is 4.10. The van der Waals surface area contributed by atoms with Gasteiger partial charge in [0.15, 0.2) is 0 Å². The third-order valence-corrected chi connectivity index (χ3v) is 5.18. The standard InChI is InChI=1S/C12H20N4OS2/c1-3-13-12-16-15-11(19-12)10(17)14-8-5-6-9(7-8)18-4-2/h8-9H,3-7H2,1-2H3,(H,13,16)(H,14,17). The predicted octanol–water partition coefficient (Wildman–Crippen LogP) is 2.37. The highest BCUT2D eigenvalue weighted by atomic mass is 32.2. The third kappa shape index (κ3) is 4.07. The molecule has 2 unspecified atom stereocenters. The highest BCUT2D eigenvalue weighted by Crippen LogP contribution is 2.30. The number of rotatable bonds is 6. The predicted molar refractivity (Wildman–Crippen MR) is 81.1 cm³/mol.